The Labute approximate surface area is 73.4 Å². The summed E-state index contributed by atoms with van der Waals surface area (Å²) in [6.07, 6.45) is 0.568. The second-order valence-corrected chi connectivity index (χ2v) is 4.00. The van der Waals surface area contributed by atoms with Crippen molar-refractivity contribution < 1.29 is 9.90 Å². The van der Waals surface area contributed by atoms with E-state index in [1.165, 1.54) is 0 Å². The fourth-order valence-electron chi connectivity index (χ4n) is 1.35. The molecule has 0 bridgehead atoms. The molecule has 1 fully saturated rings. The largest absolute Gasteiger partial charge is 0.390 e. The summed E-state index contributed by atoms with van der Waals surface area (Å²) >= 11 is 0. The van der Waals surface area contributed by atoms with Gasteiger partial charge < -0.3 is 10.0 Å². The minimum atomic E-state index is -0.634. The lowest BCUT2D eigenvalue weighted by Crippen LogP contribution is -2.57. The predicted molar refractivity (Wildman–Crippen MR) is 46.7 cm³/mol. The predicted octanol–water partition coefficient (Wildman–Crippen LogP) is 0.626. The molecule has 0 unspecified atom stereocenters. The van der Waals surface area contributed by atoms with Crippen LogP contribution in [0.5, 0.6) is 0 Å². The molecule has 1 N–H and O–H groups in total. The maximum atomic E-state index is 11.1. The quantitative estimate of drug-likeness (QED) is 0.662. The van der Waals surface area contributed by atoms with Crippen molar-refractivity contribution in [1.82, 2.24) is 4.90 Å². The van der Waals surface area contributed by atoms with Crippen LogP contribution in [0.2, 0.25) is 0 Å². The average Bonchev–Trinajstić information content (AvgIpc) is 1.80. The van der Waals surface area contributed by atoms with Gasteiger partial charge in [0.15, 0.2) is 0 Å². The molecule has 0 saturated carbocycles. The van der Waals surface area contributed by atoms with Crippen molar-refractivity contribution in [2.45, 2.75) is 32.8 Å². The number of carbonyl (C=O) groups excluding carboxylic acids is 1. The van der Waals surface area contributed by atoms with Gasteiger partial charge in [0.2, 0.25) is 5.91 Å². The standard InChI is InChI=1S/C9H17NO2/c1-4-8(11)10-5-7(6-10)9(2,3)12/h7,12H,4-6H2,1-3H3. The highest BCUT2D eigenvalue weighted by Crippen LogP contribution is 2.26. The van der Waals surface area contributed by atoms with Crippen LogP contribution in [0.25, 0.3) is 0 Å². The Bertz CT molecular complexity index is 177. The van der Waals surface area contributed by atoms with Gasteiger partial charge in [-0.25, -0.2) is 0 Å². The summed E-state index contributed by atoms with van der Waals surface area (Å²) in [4.78, 5) is 12.9. The fourth-order valence-corrected chi connectivity index (χ4v) is 1.35. The monoisotopic (exact) mass is 171 g/mol. The van der Waals surface area contributed by atoms with Crippen molar-refractivity contribution in [3.63, 3.8) is 0 Å². The number of hydrogen-bond acceptors (Lipinski definition) is 2. The lowest BCUT2D eigenvalue weighted by molar-refractivity contribution is -0.144. The maximum absolute atomic E-state index is 11.1. The highest BCUT2D eigenvalue weighted by atomic mass is 16.3. The molecule has 1 saturated heterocycles. The van der Waals surface area contributed by atoms with E-state index in [0.717, 1.165) is 13.1 Å². The molecule has 0 aromatic heterocycles. The van der Waals surface area contributed by atoms with Gasteiger partial charge in [-0.3, -0.25) is 4.79 Å². The number of nitrogens with zero attached hydrogens (tertiary/aromatic N) is 1. The van der Waals surface area contributed by atoms with Gasteiger partial charge in [-0.1, -0.05) is 6.92 Å². The number of carbonyl (C=O) groups is 1. The summed E-state index contributed by atoms with van der Waals surface area (Å²) in [5.74, 6) is 0.448. The van der Waals surface area contributed by atoms with Gasteiger partial charge in [0.05, 0.1) is 5.60 Å². The molecule has 0 aromatic rings. The molecule has 0 spiro atoms. The first-order valence-corrected chi connectivity index (χ1v) is 4.45. The molecule has 1 heterocycles. The van der Waals surface area contributed by atoms with Crippen molar-refractivity contribution in [1.29, 1.82) is 0 Å². The summed E-state index contributed by atoms with van der Waals surface area (Å²) < 4.78 is 0. The van der Waals surface area contributed by atoms with Gasteiger partial charge in [-0.2, -0.15) is 0 Å². The van der Waals surface area contributed by atoms with E-state index in [2.05, 4.69) is 0 Å². The Morgan fingerprint density at radius 2 is 2.08 bits per heavy atom. The molecule has 0 aromatic carbocycles. The number of likely N-dealkylation sites (tertiary alicyclic amines) is 1. The van der Waals surface area contributed by atoms with Crippen molar-refractivity contribution >= 4 is 5.91 Å². The minimum absolute atomic E-state index is 0.190. The van der Waals surface area contributed by atoms with Crippen LogP contribution >= 0.6 is 0 Å². The average molecular weight is 171 g/mol. The highest BCUT2D eigenvalue weighted by Gasteiger charge is 2.38. The first-order chi connectivity index (χ1) is 5.45. The van der Waals surface area contributed by atoms with Gasteiger partial charge in [-0.05, 0) is 13.8 Å². The zero-order valence-electron chi connectivity index (χ0n) is 8.00. The molecule has 3 nitrogen and oxygen atoms in total. The third kappa shape index (κ3) is 1.78. The van der Waals surface area contributed by atoms with Gasteiger partial charge in [0, 0.05) is 25.4 Å². The van der Waals surface area contributed by atoms with Gasteiger partial charge in [0.25, 0.3) is 0 Å². The molecule has 1 amide bonds. The molecule has 3 heteroatoms. The minimum Gasteiger partial charge on any atom is -0.390 e. The molecule has 0 aliphatic carbocycles. The molecular weight excluding hydrogens is 154 g/mol. The summed E-state index contributed by atoms with van der Waals surface area (Å²) in [5, 5.41) is 9.57. The van der Waals surface area contributed by atoms with Gasteiger partial charge in [0.1, 0.15) is 0 Å². The van der Waals surface area contributed by atoms with E-state index in [-0.39, 0.29) is 11.8 Å². The van der Waals surface area contributed by atoms with Crippen LogP contribution in [0.3, 0.4) is 0 Å². The molecule has 1 aliphatic heterocycles. The van der Waals surface area contributed by atoms with Crippen LogP contribution in [0.15, 0.2) is 0 Å². The highest BCUT2D eigenvalue weighted by molar-refractivity contribution is 5.76. The van der Waals surface area contributed by atoms with Crippen molar-refractivity contribution in [3.8, 4) is 0 Å². The molecule has 12 heavy (non-hydrogen) atoms. The van der Waals surface area contributed by atoms with Crippen LogP contribution in [0.1, 0.15) is 27.2 Å². The second kappa shape index (κ2) is 3.05. The SMILES string of the molecule is CCC(=O)N1CC(C(C)(C)O)C1. The van der Waals surface area contributed by atoms with E-state index in [1.807, 2.05) is 6.92 Å². The molecule has 1 rings (SSSR count). The second-order valence-electron chi connectivity index (χ2n) is 4.00. The zero-order valence-corrected chi connectivity index (χ0v) is 8.00. The molecular formula is C9H17NO2. The lowest BCUT2D eigenvalue weighted by atomic mass is 9.84. The van der Waals surface area contributed by atoms with Crippen molar-refractivity contribution in [2.24, 2.45) is 5.92 Å². The maximum Gasteiger partial charge on any atom is 0.222 e. The third-order valence-electron chi connectivity index (χ3n) is 2.54. The Hall–Kier alpha value is -0.570. The first-order valence-electron chi connectivity index (χ1n) is 4.45. The van der Waals surface area contributed by atoms with E-state index >= 15 is 0 Å². The topological polar surface area (TPSA) is 40.5 Å². The number of hydrogen-bond donors (Lipinski definition) is 1. The fraction of sp³-hybridized carbons (Fsp3) is 0.889. The molecule has 0 atom stereocenters. The number of aliphatic hydroxyl groups is 1. The smallest absolute Gasteiger partial charge is 0.222 e. The Morgan fingerprint density at radius 1 is 1.58 bits per heavy atom. The van der Waals surface area contributed by atoms with Crippen LogP contribution in [0, 0.1) is 5.92 Å². The Kier molecular flexibility index (Phi) is 2.42. The first kappa shape index (κ1) is 9.52. The van der Waals surface area contributed by atoms with Crippen LogP contribution in [-0.4, -0.2) is 34.6 Å². The lowest BCUT2D eigenvalue weighted by Gasteiger charge is -2.45. The van der Waals surface area contributed by atoms with Crippen molar-refractivity contribution in [2.75, 3.05) is 13.1 Å². The summed E-state index contributed by atoms with van der Waals surface area (Å²) in [6.45, 7) is 6.89. The van der Waals surface area contributed by atoms with Crippen molar-refractivity contribution in [3.05, 3.63) is 0 Å². The van der Waals surface area contributed by atoms with Crippen LogP contribution in [0.4, 0.5) is 0 Å². The van der Waals surface area contributed by atoms with E-state index in [0.29, 0.717) is 6.42 Å². The molecule has 1 aliphatic rings. The molecule has 0 radical (unpaired) electrons. The molecule has 70 valence electrons. The van der Waals surface area contributed by atoms with Gasteiger partial charge >= 0.3 is 0 Å². The number of amides is 1. The van der Waals surface area contributed by atoms with Crippen LogP contribution < -0.4 is 0 Å². The number of rotatable bonds is 2. The summed E-state index contributed by atoms with van der Waals surface area (Å²) in [7, 11) is 0. The normalized spacial score (nSPS) is 19.2. The van der Waals surface area contributed by atoms with Gasteiger partial charge in [-0.15, -0.1) is 0 Å². The Morgan fingerprint density at radius 3 is 2.42 bits per heavy atom. The van der Waals surface area contributed by atoms with E-state index < -0.39 is 5.60 Å². The summed E-state index contributed by atoms with van der Waals surface area (Å²) in [5.41, 5.74) is -0.634. The van der Waals surface area contributed by atoms with Crippen LogP contribution in [-0.2, 0) is 4.79 Å². The Balaban J connectivity index is 2.34. The summed E-state index contributed by atoms with van der Waals surface area (Å²) in [6, 6.07) is 0. The van der Waals surface area contributed by atoms with E-state index in [9.17, 15) is 9.90 Å². The zero-order chi connectivity index (χ0) is 9.35. The van der Waals surface area contributed by atoms with E-state index in [4.69, 9.17) is 0 Å². The van der Waals surface area contributed by atoms with E-state index in [1.54, 1.807) is 18.7 Å². The third-order valence-corrected chi connectivity index (χ3v) is 2.54.